The first kappa shape index (κ1) is 15.5. The molecule has 2 aromatic carbocycles. The SMILES string of the molecule is CNCc1ccc(SCc2cccc([N+](=O)[O-])c2F)cc1. The molecular weight excluding hydrogens is 291 g/mol. The van der Waals surface area contributed by atoms with Gasteiger partial charge in [0.15, 0.2) is 0 Å². The molecule has 21 heavy (non-hydrogen) atoms. The molecule has 110 valence electrons. The summed E-state index contributed by atoms with van der Waals surface area (Å²) >= 11 is 1.45. The molecule has 0 saturated heterocycles. The summed E-state index contributed by atoms with van der Waals surface area (Å²) < 4.78 is 13.9. The maximum Gasteiger partial charge on any atom is 0.305 e. The lowest BCUT2D eigenvalue weighted by Gasteiger charge is -2.05. The van der Waals surface area contributed by atoms with Crippen LogP contribution in [0.15, 0.2) is 47.4 Å². The number of nitro benzene ring substituents is 1. The normalized spacial score (nSPS) is 10.6. The van der Waals surface area contributed by atoms with Crippen LogP contribution < -0.4 is 5.32 Å². The van der Waals surface area contributed by atoms with Crippen LogP contribution in [0.4, 0.5) is 10.1 Å². The van der Waals surface area contributed by atoms with Crippen molar-refractivity contribution >= 4 is 17.4 Å². The fourth-order valence-corrected chi connectivity index (χ4v) is 2.76. The van der Waals surface area contributed by atoms with E-state index in [0.29, 0.717) is 11.3 Å². The number of rotatable bonds is 6. The summed E-state index contributed by atoms with van der Waals surface area (Å²) in [6.45, 7) is 0.796. The predicted molar refractivity (Wildman–Crippen MR) is 81.8 cm³/mol. The summed E-state index contributed by atoms with van der Waals surface area (Å²) in [5.74, 6) is -0.388. The molecule has 0 heterocycles. The van der Waals surface area contributed by atoms with Crippen LogP contribution in [0.1, 0.15) is 11.1 Å². The highest BCUT2D eigenvalue weighted by molar-refractivity contribution is 7.98. The number of hydrogen-bond acceptors (Lipinski definition) is 4. The van der Waals surface area contributed by atoms with Gasteiger partial charge in [0.1, 0.15) is 0 Å². The predicted octanol–water partition coefficient (Wildman–Crippen LogP) is 3.75. The number of halogens is 1. The van der Waals surface area contributed by atoms with Gasteiger partial charge in [0, 0.05) is 28.8 Å². The molecule has 0 aliphatic heterocycles. The zero-order valence-corrected chi connectivity index (χ0v) is 12.3. The quantitative estimate of drug-likeness (QED) is 0.502. The second-order valence-corrected chi connectivity index (χ2v) is 5.52. The van der Waals surface area contributed by atoms with Crippen molar-refractivity contribution in [2.24, 2.45) is 0 Å². The fraction of sp³-hybridized carbons (Fsp3) is 0.200. The molecule has 6 heteroatoms. The summed E-state index contributed by atoms with van der Waals surface area (Å²) in [5, 5.41) is 13.8. The van der Waals surface area contributed by atoms with Crippen molar-refractivity contribution < 1.29 is 9.31 Å². The molecule has 0 fully saturated rings. The number of nitro groups is 1. The van der Waals surface area contributed by atoms with Crippen LogP contribution in [0.25, 0.3) is 0 Å². The van der Waals surface area contributed by atoms with Crippen LogP contribution in [-0.4, -0.2) is 12.0 Å². The Morgan fingerprint density at radius 1 is 1.24 bits per heavy atom. The van der Waals surface area contributed by atoms with Crippen molar-refractivity contribution in [3.63, 3.8) is 0 Å². The smallest absolute Gasteiger partial charge is 0.305 e. The van der Waals surface area contributed by atoms with Crippen LogP contribution in [0.5, 0.6) is 0 Å². The number of hydrogen-bond donors (Lipinski definition) is 1. The third-order valence-corrected chi connectivity index (χ3v) is 4.01. The Morgan fingerprint density at radius 2 is 1.95 bits per heavy atom. The highest BCUT2D eigenvalue weighted by atomic mass is 32.2. The first-order chi connectivity index (χ1) is 10.1. The maximum absolute atomic E-state index is 13.9. The number of benzene rings is 2. The Bertz CT molecular complexity index is 632. The second kappa shape index (κ2) is 7.19. The van der Waals surface area contributed by atoms with Gasteiger partial charge in [-0.3, -0.25) is 10.1 Å². The van der Waals surface area contributed by atoms with Crippen LogP contribution in [0.3, 0.4) is 0 Å². The van der Waals surface area contributed by atoms with E-state index in [9.17, 15) is 14.5 Å². The molecule has 0 amide bonds. The van der Waals surface area contributed by atoms with Gasteiger partial charge in [-0.25, -0.2) is 0 Å². The lowest BCUT2D eigenvalue weighted by molar-refractivity contribution is -0.387. The topological polar surface area (TPSA) is 55.2 Å². The highest BCUT2D eigenvalue weighted by Crippen LogP contribution is 2.27. The van der Waals surface area contributed by atoms with Gasteiger partial charge < -0.3 is 5.32 Å². The van der Waals surface area contributed by atoms with Crippen molar-refractivity contribution in [2.45, 2.75) is 17.2 Å². The zero-order valence-electron chi connectivity index (χ0n) is 11.5. The Hall–Kier alpha value is -1.92. The van der Waals surface area contributed by atoms with E-state index < -0.39 is 16.4 Å². The largest absolute Gasteiger partial charge is 0.316 e. The van der Waals surface area contributed by atoms with E-state index in [4.69, 9.17) is 0 Å². The Kier molecular flexibility index (Phi) is 5.30. The molecular formula is C15H15FN2O2S. The van der Waals surface area contributed by atoms with E-state index in [1.807, 2.05) is 31.3 Å². The van der Waals surface area contributed by atoms with Crippen molar-refractivity contribution in [3.8, 4) is 0 Å². The maximum atomic E-state index is 13.9. The van der Waals surface area contributed by atoms with Gasteiger partial charge in [0.25, 0.3) is 0 Å². The average Bonchev–Trinajstić information content (AvgIpc) is 2.48. The molecule has 2 rings (SSSR count). The molecule has 4 nitrogen and oxygen atoms in total. The van der Waals surface area contributed by atoms with Crippen LogP contribution in [-0.2, 0) is 12.3 Å². The first-order valence-electron chi connectivity index (χ1n) is 6.40. The van der Waals surface area contributed by atoms with Crippen LogP contribution in [0.2, 0.25) is 0 Å². The van der Waals surface area contributed by atoms with Gasteiger partial charge in [0.2, 0.25) is 5.82 Å². The first-order valence-corrected chi connectivity index (χ1v) is 7.38. The average molecular weight is 306 g/mol. The monoisotopic (exact) mass is 306 g/mol. The van der Waals surface area contributed by atoms with Gasteiger partial charge in [-0.15, -0.1) is 11.8 Å². The van der Waals surface area contributed by atoms with E-state index in [-0.39, 0.29) is 0 Å². The molecule has 0 aliphatic carbocycles. The molecule has 0 radical (unpaired) electrons. The van der Waals surface area contributed by atoms with Crippen LogP contribution >= 0.6 is 11.8 Å². The molecule has 0 unspecified atom stereocenters. The van der Waals surface area contributed by atoms with E-state index >= 15 is 0 Å². The number of thioether (sulfide) groups is 1. The summed E-state index contributed by atoms with van der Waals surface area (Å²) in [6, 6.07) is 12.2. The van der Waals surface area contributed by atoms with Crippen molar-refractivity contribution in [1.82, 2.24) is 5.32 Å². The minimum atomic E-state index is -0.748. The zero-order chi connectivity index (χ0) is 15.2. The Morgan fingerprint density at radius 3 is 2.57 bits per heavy atom. The molecule has 0 saturated carbocycles. The summed E-state index contributed by atoms with van der Waals surface area (Å²) in [4.78, 5) is 11.0. The molecule has 0 aliphatic rings. The Balaban J connectivity index is 2.06. The highest BCUT2D eigenvalue weighted by Gasteiger charge is 2.16. The van der Waals surface area contributed by atoms with E-state index in [2.05, 4.69) is 5.32 Å². The lowest BCUT2D eigenvalue weighted by Crippen LogP contribution is -2.04. The molecule has 2 aromatic rings. The lowest BCUT2D eigenvalue weighted by atomic mass is 10.2. The minimum Gasteiger partial charge on any atom is -0.316 e. The van der Waals surface area contributed by atoms with Gasteiger partial charge in [-0.1, -0.05) is 24.3 Å². The summed E-state index contributed by atoms with van der Waals surface area (Å²) in [7, 11) is 1.88. The summed E-state index contributed by atoms with van der Waals surface area (Å²) in [6.07, 6.45) is 0. The standard InChI is InChI=1S/C15H15FN2O2S/c1-17-9-11-5-7-13(8-6-11)21-10-12-3-2-4-14(15(12)16)18(19)20/h2-8,17H,9-10H2,1H3. The van der Waals surface area contributed by atoms with Gasteiger partial charge in [0.05, 0.1) is 4.92 Å². The van der Waals surface area contributed by atoms with Crippen LogP contribution in [0, 0.1) is 15.9 Å². The summed E-state index contributed by atoms with van der Waals surface area (Å²) in [5.41, 5.74) is 1.04. The third-order valence-electron chi connectivity index (χ3n) is 2.95. The van der Waals surface area contributed by atoms with E-state index in [1.165, 1.54) is 29.5 Å². The third kappa shape index (κ3) is 4.03. The number of nitrogens with zero attached hydrogens (tertiary/aromatic N) is 1. The van der Waals surface area contributed by atoms with Crippen molar-refractivity contribution in [2.75, 3.05) is 7.05 Å². The van der Waals surface area contributed by atoms with Gasteiger partial charge in [-0.2, -0.15) is 4.39 Å². The molecule has 0 spiro atoms. The molecule has 0 atom stereocenters. The molecule has 1 N–H and O–H groups in total. The molecule has 0 bridgehead atoms. The Labute approximate surface area is 126 Å². The van der Waals surface area contributed by atoms with Crippen molar-refractivity contribution in [3.05, 3.63) is 69.5 Å². The van der Waals surface area contributed by atoms with Gasteiger partial charge in [-0.05, 0) is 24.7 Å². The molecule has 0 aromatic heterocycles. The van der Waals surface area contributed by atoms with E-state index in [0.717, 1.165) is 11.4 Å². The van der Waals surface area contributed by atoms with Crippen molar-refractivity contribution in [1.29, 1.82) is 0 Å². The number of nitrogens with one attached hydrogen (secondary N) is 1. The minimum absolute atomic E-state index is 0.341. The second-order valence-electron chi connectivity index (χ2n) is 4.47. The van der Waals surface area contributed by atoms with E-state index in [1.54, 1.807) is 6.07 Å². The van der Waals surface area contributed by atoms with Gasteiger partial charge >= 0.3 is 5.69 Å². The fourth-order valence-electron chi connectivity index (χ4n) is 1.89.